The summed E-state index contributed by atoms with van der Waals surface area (Å²) in [6, 6.07) is 15.4. The zero-order valence-electron chi connectivity index (χ0n) is 16.1. The van der Waals surface area contributed by atoms with Gasteiger partial charge < -0.3 is 10.6 Å². The Balaban J connectivity index is 1.70. The summed E-state index contributed by atoms with van der Waals surface area (Å²) in [5, 5.41) is 13.9. The molecule has 0 atom stereocenters. The van der Waals surface area contributed by atoms with E-state index < -0.39 is 36.0 Å². The molecule has 3 aromatic carbocycles. The van der Waals surface area contributed by atoms with E-state index in [2.05, 4.69) is 10.6 Å². The van der Waals surface area contributed by atoms with Crippen molar-refractivity contribution in [2.24, 2.45) is 0 Å². The normalized spacial score (nSPS) is 10.5. The fourth-order valence-electron chi connectivity index (χ4n) is 2.95. The molecule has 0 saturated heterocycles. The van der Waals surface area contributed by atoms with E-state index in [9.17, 15) is 23.3 Å². The van der Waals surface area contributed by atoms with E-state index in [0.29, 0.717) is 11.1 Å². The first-order chi connectivity index (χ1) is 14.8. The zero-order valence-corrected chi connectivity index (χ0v) is 16.1. The lowest BCUT2D eigenvalue weighted by Gasteiger charge is -2.20. The number of hydrogen-bond donors (Lipinski definition) is 3. The van der Waals surface area contributed by atoms with Gasteiger partial charge in [-0.1, -0.05) is 24.3 Å². The minimum atomic E-state index is -0.831. The van der Waals surface area contributed by atoms with Crippen LogP contribution in [0.25, 0.3) is 0 Å². The van der Waals surface area contributed by atoms with Crippen LogP contribution in [0.15, 0.2) is 72.8 Å². The van der Waals surface area contributed by atoms with E-state index in [-0.39, 0.29) is 16.2 Å². The minimum absolute atomic E-state index is 0.0534. The van der Waals surface area contributed by atoms with Crippen molar-refractivity contribution in [3.8, 4) is 0 Å². The van der Waals surface area contributed by atoms with Gasteiger partial charge in [0, 0.05) is 17.7 Å². The third-order valence-corrected chi connectivity index (χ3v) is 4.43. The molecule has 0 aliphatic heterocycles. The van der Waals surface area contributed by atoms with E-state index in [4.69, 9.17) is 5.21 Å². The Morgan fingerprint density at radius 2 is 1.45 bits per heavy atom. The summed E-state index contributed by atoms with van der Waals surface area (Å²) in [6.07, 6.45) is 0. The second kappa shape index (κ2) is 9.57. The van der Waals surface area contributed by atoms with Crippen molar-refractivity contribution in [3.05, 3.63) is 106 Å². The molecule has 158 valence electrons. The lowest BCUT2D eigenvalue weighted by molar-refractivity contribution is -0.729. The van der Waals surface area contributed by atoms with Crippen LogP contribution in [0.5, 0.6) is 0 Å². The molecule has 3 rings (SSSR count). The molecule has 7 nitrogen and oxygen atoms in total. The van der Waals surface area contributed by atoms with E-state index in [1.165, 1.54) is 60.7 Å². The number of nitrogens with zero attached hydrogens (tertiary/aromatic N) is 1. The number of rotatable bonds is 7. The van der Waals surface area contributed by atoms with Gasteiger partial charge in [0.25, 0.3) is 10.8 Å². The monoisotopic (exact) mass is 426 g/mol. The molecule has 0 unspecified atom stereocenters. The Labute approximate surface area is 175 Å². The van der Waals surface area contributed by atoms with Gasteiger partial charge in [0.05, 0.1) is 17.5 Å². The first kappa shape index (κ1) is 21.6. The van der Waals surface area contributed by atoms with E-state index in [0.717, 1.165) is 0 Å². The summed E-state index contributed by atoms with van der Waals surface area (Å²) in [4.78, 5) is 35.1. The lowest BCUT2D eigenvalue weighted by Crippen LogP contribution is -2.39. The molecular weight excluding hydrogens is 408 g/mol. The van der Waals surface area contributed by atoms with E-state index >= 15 is 0 Å². The summed E-state index contributed by atoms with van der Waals surface area (Å²) in [6.45, 7) is -0.393. The maximum absolute atomic E-state index is 13.7. The number of halogens is 2. The summed E-state index contributed by atoms with van der Waals surface area (Å²) in [7, 11) is 0. The van der Waals surface area contributed by atoms with Crippen LogP contribution in [0, 0.1) is 16.5 Å². The van der Waals surface area contributed by atoms with Gasteiger partial charge in [0.15, 0.2) is 0 Å². The number of hydrogen-bond acceptors (Lipinski definition) is 3. The van der Waals surface area contributed by atoms with Gasteiger partial charge in [-0.2, -0.15) is 0 Å². The molecule has 0 radical (unpaired) electrons. The molecule has 2 amide bonds. The molecular formula is C22H18F2N3O4+. The summed E-state index contributed by atoms with van der Waals surface area (Å²) in [5.74, 6) is -2.18. The van der Waals surface area contributed by atoms with Crippen LogP contribution in [0.1, 0.15) is 27.5 Å². The first-order valence-corrected chi connectivity index (χ1v) is 9.18. The molecule has 9 heteroatoms. The quantitative estimate of drug-likeness (QED) is 0.505. The van der Waals surface area contributed by atoms with Gasteiger partial charge in [0.1, 0.15) is 11.6 Å². The summed E-state index contributed by atoms with van der Waals surface area (Å²) in [5.41, 5.74) is 0.937. The fraction of sp³-hybridized carbons (Fsp3) is 0.0909. The van der Waals surface area contributed by atoms with Crippen molar-refractivity contribution < 1.29 is 28.5 Å². The Morgan fingerprint density at radius 1 is 0.903 bits per heavy atom. The van der Waals surface area contributed by atoms with Crippen LogP contribution >= 0.6 is 0 Å². The van der Waals surface area contributed by atoms with Gasteiger partial charge >= 0.3 is 5.69 Å². The molecule has 31 heavy (non-hydrogen) atoms. The number of carbonyl (C=O) groups is 2. The molecule has 0 aliphatic rings. The van der Waals surface area contributed by atoms with Gasteiger partial charge in [-0.05, 0) is 47.5 Å². The highest BCUT2D eigenvalue weighted by molar-refractivity contribution is 5.96. The Morgan fingerprint density at radius 3 is 1.94 bits per heavy atom. The van der Waals surface area contributed by atoms with Crippen molar-refractivity contribution in [1.82, 2.24) is 10.6 Å². The number of benzene rings is 3. The Bertz CT molecular complexity index is 1070. The lowest BCUT2D eigenvalue weighted by atomic mass is 9.98. The largest absolute Gasteiger partial charge is 0.344 e. The molecule has 0 aliphatic carbocycles. The van der Waals surface area contributed by atoms with Crippen LogP contribution in [-0.4, -0.2) is 28.5 Å². The maximum atomic E-state index is 13.7. The van der Waals surface area contributed by atoms with E-state index in [1.807, 2.05) is 0 Å². The minimum Gasteiger partial charge on any atom is -0.344 e. The highest BCUT2D eigenvalue weighted by Crippen LogP contribution is 2.23. The first-order valence-electron chi connectivity index (χ1n) is 9.18. The second-order valence-corrected chi connectivity index (χ2v) is 6.61. The fourth-order valence-corrected chi connectivity index (χ4v) is 2.95. The van der Waals surface area contributed by atoms with Crippen LogP contribution < -0.4 is 10.6 Å². The van der Waals surface area contributed by atoms with Crippen LogP contribution in [0.4, 0.5) is 14.5 Å². The number of carbonyl (C=O) groups excluding carboxylic acids is 2. The van der Waals surface area contributed by atoms with Gasteiger partial charge in [-0.3, -0.25) is 9.59 Å². The smallest absolute Gasteiger partial charge is 0.316 e. The third kappa shape index (κ3) is 5.69. The number of amides is 2. The average Bonchev–Trinajstić information content (AvgIpc) is 2.76. The van der Waals surface area contributed by atoms with Gasteiger partial charge in [-0.25, -0.2) is 14.0 Å². The van der Waals surface area contributed by atoms with Crippen LogP contribution in [0.3, 0.4) is 0 Å². The molecule has 0 spiro atoms. The highest BCUT2D eigenvalue weighted by atomic mass is 19.1. The number of nitrogens with one attached hydrogen (secondary N) is 2. The van der Waals surface area contributed by atoms with Gasteiger partial charge in [0.2, 0.25) is 5.91 Å². The summed E-state index contributed by atoms with van der Waals surface area (Å²) < 4.78 is 27.4. The van der Waals surface area contributed by atoms with E-state index in [1.54, 1.807) is 12.1 Å². The molecule has 0 heterocycles. The highest BCUT2D eigenvalue weighted by Gasteiger charge is 2.19. The molecule has 0 saturated carbocycles. The standard InChI is InChI=1S/C22H17F2N3O4/c23-17-5-1-3-15(11-17)21(16-4-2-6-18(24)12-16)26-20(28)13-25-22(29)14-7-9-19(10-8-14)27(30)31/h1-12,21H,13H2,(H2-,25,26,28,29,30,31)/p+1. The van der Waals surface area contributed by atoms with Crippen molar-refractivity contribution in [1.29, 1.82) is 0 Å². The second-order valence-electron chi connectivity index (χ2n) is 6.61. The molecule has 3 aromatic rings. The van der Waals surface area contributed by atoms with Gasteiger partial charge in [-0.15, -0.1) is 0 Å². The Hall–Kier alpha value is -4.14. The Kier molecular flexibility index (Phi) is 6.66. The predicted molar refractivity (Wildman–Crippen MR) is 107 cm³/mol. The van der Waals surface area contributed by atoms with Crippen LogP contribution in [0.2, 0.25) is 0 Å². The van der Waals surface area contributed by atoms with Crippen LogP contribution in [-0.2, 0) is 4.79 Å². The van der Waals surface area contributed by atoms with Crippen molar-refractivity contribution in [3.63, 3.8) is 0 Å². The molecule has 0 bridgehead atoms. The predicted octanol–water partition coefficient (Wildman–Crippen LogP) is 3.40. The maximum Gasteiger partial charge on any atom is 0.316 e. The zero-order chi connectivity index (χ0) is 22.4. The molecule has 0 fully saturated rings. The summed E-state index contributed by atoms with van der Waals surface area (Å²) >= 11 is 0. The third-order valence-electron chi connectivity index (χ3n) is 4.43. The molecule has 0 aromatic heterocycles. The van der Waals surface area contributed by atoms with Crippen molar-refractivity contribution in [2.75, 3.05) is 6.54 Å². The SMILES string of the molecule is O=C(CNC(=O)c1ccc([N+](=O)O)cc1)NC(c1cccc(F)c1)c1cccc(F)c1. The molecule has 3 N–H and O–H groups in total. The average molecular weight is 426 g/mol. The topological polar surface area (TPSA) is 98.5 Å². The van der Waals surface area contributed by atoms with Crippen molar-refractivity contribution >= 4 is 17.5 Å². The van der Waals surface area contributed by atoms with Crippen molar-refractivity contribution in [2.45, 2.75) is 6.04 Å².